The molecule has 2 aromatic heterocycles. The third kappa shape index (κ3) is 2.69. The van der Waals surface area contributed by atoms with Crippen molar-refractivity contribution in [3.63, 3.8) is 0 Å². The molecule has 0 aromatic carbocycles. The van der Waals surface area contributed by atoms with Gasteiger partial charge in [0.25, 0.3) is 0 Å². The molecule has 0 saturated carbocycles. The molecular formula is C16H27N5. The number of imidazole rings is 1. The first-order valence-electron chi connectivity index (χ1n) is 7.58. The van der Waals surface area contributed by atoms with E-state index in [2.05, 4.69) is 51.2 Å². The van der Waals surface area contributed by atoms with Crippen molar-refractivity contribution >= 4 is 5.82 Å². The van der Waals surface area contributed by atoms with Gasteiger partial charge in [0.15, 0.2) is 0 Å². The van der Waals surface area contributed by atoms with Crippen molar-refractivity contribution in [3.05, 3.63) is 17.7 Å². The minimum absolute atomic E-state index is 0.0937. The first-order chi connectivity index (χ1) is 9.66. The van der Waals surface area contributed by atoms with Crippen molar-refractivity contribution in [2.75, 3.05) is 5.73 Å². The van der Waals surface area contributed by atoms with Gasteiger partial charge in [-0.25, -0.2) is 4.98 Å². The first-order valence-corrected chi connectivity index (χ1v) is 7.58. The number of nitrogen functional groups attached to an aromatic ring is 1. The fourth-order valence-corrected chi connectivity index (χ4v) is 2.74. The van der Waals surface area contributed by atoms with Crippen molar-refractivity contribution in [3.8, 4) is 11.3 Å². The van der Waals surface area contributed by atoms with E-state index in [-0.39, 0.29) is 5.54 Å². The van der Waals surface area contributed by atoms with Gasteiger partial charge in [0.2, 0.25) is 0 Å². The summed E-state index contributed by atoms with van der Waals surface area (Å²) < 4.78 is 3.98. The predicted octanol–water partition coefficient (Wildman–Crippen LogP) is 3.31. The maximum atomic E-state index is 6.46. The Hall–Kier alpha value is -1.78. The van der Waals surface area contributed by atoms with E-state index in [0.29, 0.717) is 5.92 Å². The number of rotatable bonds is 3. The monoisotopic (exact) mass is 289 g/mol. The van der Waals surface area contributed by atoms with Crippen LogP contribution in [0.25, 0.3) is 11.3 Å². The number of nitrogens with zero attached hydrogens (tertiary/aromatic N) is 4. The smallest absolute Gasteiger partial charge is 0.132 e. The van der Waals surface area contributed by atoms with Crippen LogP contribution in [0.2, 0.25) is 0 Å². The van der Waals surface area contributed by atoms with Gasteiger partial charge >= 0.3 is 0 Å². The Labute approximate surface area is 127 Å². The SMILES string of the molecule is CCc1nn(C)cc1-c1nc(C(C)C)n(C(C)(C)C)c1N. The highest BCUT2D eigenvalue weighted by Gasteiger charge is 2.27. The molecule has 0 spiro atoms. The van der Waals surface area contributed by atoms with Gasteiger partial charge in [-0.05, 0) is 27.2 Å². The Morgan fingerprint density at radius 3 is 2.33 bits per heavy atom. The molecule has 2 rings (SSSR count). The average molecular weight is 289 g/mol. The number of hydrogen-bond acceptors (Lipinski definition) is 3. The van der Waals surface area contributed by atoms with Gasteiger partial charge < -0.3 is 10.3 Å². The van der Waals surface area contributed by atoms with Crippen LogP contribution in [-0.4, -0.2) is 19.3 Å². The number of aromatic nitrogens is 4. The number of anilines is 1. The van der Waals surface area contributed by atoms with Gasteiger partial charge in [-0.2, -0.15) is 5.10 Å². The quantitative estimate of drug-likeness (QED) is 0.943. The first kappa shape index (κ1) is 15.6. The van der Waals surface area contributed by atoms with Crippen LogP contribution in [0.1, 0.15) is 59.0 Å². The molecule has 0 aliphatic rings. The van der Waals surface area contributed by atoms with Gasteiger partial charge in [0.1, 0.15) is 17.3 Å². The van der Waals surface area contributed by atoms with Crippen molar-refractivity contribution in [1.82, 2.24) is 19.3 Å². The molecule has 5 heteroatoms. The summed E-state index contributed by atoms with van der Waals surface area (Å²) in [5.74, 6) is 2.08. The molecule has 2 heterocycles. The zero-order valence-electron chi connectivity index (χ0n) is 14.2. The highest BCUT2D eigenvalue weighted by molar-refractivity contribution is 5.73. The van der Waals surface area contributed by atoms with E-state index in [4.69, 9.17) is 10.7 Å². The molecule has 0 aliphatic carbocycles. The molecule has 2 aromatic rings. The molecule has 0 bridgehead atoms. The normalized spacial score (nSPS) is 12.4. The Morgan fingerprint density at radius 1 is 1.29 bits per heavy atom. The van der Waals surface area contributed by atoms with E-state index in [1.807, 2.05) is 17.9 Å². The molecule has 0 fully saturated rings. The molecule has 116 valence electrons. The van der Waals surface area contributed by atoms with Crippen molar-refractivity contribution in [1.29, 1.82) is 0 Å². The molecule has 0 aliphatic heterocycles. The maximum Gasteiger partial charge on any atom is 0.132 e. The van der Waals surface area contributed by atoms with E-state index in [1.54, 1.807) is 0 Å². The van der Waals surface area contributed by atoms with Gasteiger partial charge in [-0.3, -0.25) is 4.68 Å². The minimum atomic E-state index is -0.0937. The fraction of sp³-hybridized carbons (Fsp3) is 0.625. The summed E-state index contributed by atoms with van der Waals surface area (Å²) in [6, 6.07) is 0. The lowest BCUT2D eigenvalue weighted by Gasteiger charge is -2.26. The lowest BCUT2D eigenvalue weighted by Crippen LogP contribution is -2.26. The molecule has 21 heavy (non-hydrogen) atoms. The average Bonchev–Trinajstić information content (AvgIpc) is 2.88. The summed E-state index contributed by atoms with van der Waals surface area (Å²) in [5.41, 5.74) is 9.31. The van der Waals surface area contributed by atoms with Crippen LogP contribution in [0.4, 0.5) is 5.82 Å². The Kier molecular flexibility index (Phi) is 3.87. The van der Waals surface area contributed by atoms with E-state index in [0.717, 1.165) is 35.0 Å². The summed E-state index contributed by atoms with van der Waals surface area (Å²) in [7, 11) is 1.93. The molecule has 0 radical (unpaired) electrons. The van der Waals surface area contributed by atoms with Gasteiger partial charge in [0.05, 0.1) is 5.69 Å². The summed E-state index contributed by atoms with van der Waals surface area (Å²) in [5, 5.41) is 4.50. The fourth-order valence-electron chi connectivity index (χ4n) is 2.74. The molecule has 0 amide bonds. The topological polar surface area (TPSA) is 61.7 Å². The molecule has 0 unspecified atom stereocenters. The third-order valence-corrected chi connectivity index (χ3v) is 3.62. The minimum Gasteiger partial charge on any atom is -0.383 e. The lowest BCUT2D eigenvalue weighted by atomic mass is 10.1. The van der Waals surface area contributed by atoms with Gasteiger partial charge in [-0.1, -0.05) is 20.8 Å². The highest BCUT2D eigenvalue weighted by Crippen LogP contribution is 2.35. The molecule has 0 atom stereocenters. The Bertz CT molecular complexity index is 640. The number of aryl methyl sites for hydroxylation is 2. The molecule has 5 nitrogen and oxygen atoms in total. The summed E-state index contributed by atoms with van der Waals surface area (Å²) >= 11 is 0. The second-order valence-corrected chi connectivity index (χ2v) is 6.88. The second kappa shape index (κ2) is 5.20. The molecule has 2 N–H and O–H groups in total. The highest BCUT2D eigenvalue weighted by atomic mass is 15.3. The summed E-state index contributed by atoms with van der Waals surface area (Å²) in [6.07, 6.45) is 2.88. The van der Waals surface area contributed by atoms with Crippen LogP contribution < -0.4 is 5.73 Å². The van der Waals surface area contributed by atoms with Crippen molar-refractivity contribution < 1.29 is 0 Å². The summed E-state index contributed by atoms with van der Waals surface area (Å²) in [6.45, 7) is 12.9. The second-order valence-electron chi connectivity index (χ2n) is 6.88. The van der Waals surface area contributed by atoms with Crippen molar-refractivity contribution in [2.24, 2.45) is 7.05 Å². The lowest BCUT2D eigenvalue weighted by molar-refractivity contribution is 0.382. The van der Waals surface area contributed by atoms with E-state index >= 15 is 0 Å². The zero-order chi connectivity index (χ0) is 15.9. The van der Waals surface area contributed by atoms with Crippen LogP contribution in [0.15, 0.2) is 6.20 Å². The standard InChI is InChI=1S/C16H27N5/c1-8-12-11(9-20(7)19-12)13-14(17)21(16(4,5)6)15(18-13)10(2)3/h9-10H,8,17H2,1-7H3. The van der Waals surface area contributed by atoms with Gasteiger partial charge in [0, 0.05) is 30.3 Å². The largest absolute Gasteiger partial charge is 0.383 e. The van der Waals surface area contributed by atoms with Crippen LogP contribution in [0.5, 0.6) is 0 Å². The van der Waals surface area contributed by atoms with E-state index in [9.17, 15) is 0 Å². The molecular weight excluding hydrogens is 262 g/mol. The van der Waals surface area contributed by atoms with E-state index in [1.165, 1.54) is 0 Å². The third-order valence-electron chi connectivity index (χ3n) is 3.62. The maximum absolute atomic E-state index is 6.46. The molecule has 0 saturated heterocycles. The van der Waals surface area contributed by atoms with Crippen LogP contribution in [0.3, 0.4) is 0 Å². The summed E-state index contributed by atoms with van der Waals surface area (Å²) in [4.78, 5) is 4.85. The number of nitrogens with two attached hydrogens (primary N) is 1. The van der Waals surface area contributed by atoms with Crippen LogP contribution in [0, 0.1) is 0 Å². The van der Waals surface area contributed by atoms with Crippen LogP contribution >= 0.6 is 0 Å². The van der Waals surface area contributed by atoms with Gasteiger partial charge in [-0.15, -0.1) is 0 Å². The Balaban J connectivity index is 2.71. The van der Waals surface area contributed by atoms with Crippen LogP contribution in [-0.2, 0) is 19.0 Å². The Morgan fingerprint density at radius 2 is 1.90 bits per heavy atom. The van der Waals surface area contributed by atoms with Crippen molar-refractivity contribution in [2.45, 2.75) is 59.4 Å². The zero-order valence-corrected chi connectivity index (χ0v) is 14.2. The number of hydrogen-bond donors (Lipinski definition) is 1. The van der Waals surface area contributed by atoms with E-state index < -0.39 is 0 Å². The predicted molar refractivity (Wildman–Crippen MR) is 87.3 cm³/mol.